The highest BCUT2D eigenvalue weighted by Gasteiger charge is 2.51. The van der Waals surface area contributed by atoms with Gasteiger partial charge in [-0.3, -0.25) is 4.79 Å². The number of fused-ring (bicyclic) bond motifs is 1. The quantitative estimate of drug-likeness (QED) is 0.715. The summed E-state index contributed by atoms with van der Waals surface area (Å²) in [6.07, 6.45) is 4.89. The van der Waals surface area contributed by atoms with Crippen molar-refractivity contribution in [2.45, 2.75) is 56.7 Å². The number of esters is 1. The lowest BCUT2D eigenvalue weighted by Crippen LogP contribution is -2.55. The Hall–Kier alpha value is -0.610. The van der Waals surface area contributed by atoms with Crippen LogP contribution in [0, 0.1) is 11.8 Å². The highest BCUT2D eigenvalue weighted by molar-refractivity contribution is 5.69. The maximum Gasteiger partial charge on any atom is 0.305 e. The molecule has 0 unspecified atom stereocenters. The van der Waals surface area contributed by atoms with Gasteiger partial charge >= 0.3 is 5.97 Å². The number of carbonyl (C=O) groups is 1. The molecule has 0 radical (unpaired) electrons. The van der Waals surface area contributed by atoms with Crippen molar-refractivity contribution in [2.24, 2.45) is 11.8 Å². The van der Waals surface area contributed by atoms with E-state index in [4.69, 9.17) is 4.74 Å². The molecular formula is C13H22O4. The summed E-state index contributed by atoms with van der Waals surface area (Å²) < 4.78 is 4.69. The van der Waals surface area contributed by atoms with Gasteiger partial charge < -0.3 is 14.9 Å². The summed E-state index contributed by atoms with van der Waals surface area (Å²) in [5.74, 6) is -0.368. The Labute approximate surface area is 102 Å². The molecule has 0 bridgehead atoms. The van der Waals surface area contributed by atoms with Crippen LogP contribution in [-0.4, -0.2) is 35.0 Å². The number of hydrogen-bond acceptors (Lipinski definition) is 4. The van der Waals surface area contributed by atoms with Crippen molar-refractivity contribution in [1.29, 1.82) is 0 Å². The highest BCUT2D eigenvalue weighted by Crippen LogP contribution is 2.48. The molecule has 4 heteroatoms. The minimum Gasteiger partial charge on any atom is -0.469 e. The van der Waals surface area contributed by atoms with Crippen molar-refractivity contribution in [3.63, 3.8) is 0 Å². The van der Waals surface area contributed by atoms with E-state index in [0.717, 1.165) is 19.3 Å². The second-order valence-electron chi connectivity index (χ2n) is 5.47. The summed E-state index contributed by atoms with van der Waals surface area (Å²) in [5.41, 5.74) is -0.857. The average Bonchev–Trinajstić information content (AvgIpc) is 2.33. The van der Waals surface area contributed by atoms with Crippen LogP contribution in [0.5, 0.6) is 0 Å². The smallest absolute Gasteiger partial charge is 0.305 e. The van der Waals surface area contributed by atoms with E-state index < -0.39 is 11.7 Å². The molecule has 2 fully saturated rings. The Morgan fingerprint density at radius 2 is 2.12 bits per heavy atom. The van der Waals surface area contributed by atoms with E-state index >= 15 is 0 Å². The molecule has 2 rings (SSSR count). The minimum atomic E-state index is -0.857. The zero-order valence-electron chi connectivity index (χ0n) is 10.4. The third kappa shape index (κ3) is 2.33. The molecule has 98 valence electrons. The van der Waals surface area contributed by atoms with E-state index in [9.17, 15) is 15.0 Å². The minimum absolute atomic E-state index is 0.0522. The van der Waals surface area contributed by atoms with Gasteiger partial charge in [0.25, 0.3) is 0 Å². The number of hydrogen-bond donors (Lipinski definition) is 2. The Morgan fingerprint density at radius 1 is 1.35 bits per heavy atom. The molecule has 4 atom stereocenters. The topological polar surface area (TPSA) is 66.8 Å². The lowest BCUT2D eigenvalue weighted by Gasteiger charge is -2.50. The first kappa shape index (κ1) is 12.8. The van der Waals surface area contributed by atoms with E-state index in [1.807, 2.05) is 0 Å². The molecule has 0 aromatic carbocycles. The van der Waals surface area contributed by atoms with Crippen LogP contribution in [0.15, 0.2) is 0 Å². The monoisotopic (exact) mass is 242 g/mol. The molecule has 17 heavy (non-hydrogen) atoms. The van der Waals surface area contributed by atoms with Crippen LogP contribution >= 0.6 is 0 Å². The number of aliphatic hydroxyl groups is 2. The molecule has 4 nitrogen and oxygen atoms in total. The van der Waals surface area contributed by atoms with Gasteiger partial charge in [-0.1, -0.05) is 12.8 Å². The molecule has 2 saturated carbocycles. The van der Waals surface area contributed by atoms with Crippen molar-refractivity contribution in [3.8, 4) is 0 Å². The Balaban J connectivity index is 2.13. The first-order chi connectivity index (χ1) is 8.08. The van der Waals surface area contributed by atoms with Gasteiger partial charge in [0.15, 0.2) is 0 Å². The van der Waals surface area contributed by atoms with Gasteiger partial charge in [-0.25, -0.2) is 0 Å². The summed E-state index contributed by atoms with van der Waals surface area (Å²) in [5, 5.41) is 20.8. The van der Waals surface area contributed by atoms with Crippen LogP contribution in [0.1, 0.15) is 44.9 Å². The van der Waals surface area contributed by atoms with Gasteiger partial charge in [0.1, 0.15) is 0 Å². The molecule has 0 aromatic heterocycles. The summed E-state index contributed by atoms with van der Waals surface area (Å²) in [4.78, 5) is 11.4. The van der Waals surface area contributed by atoms with Crippen molar-refractivity contribution in [2.75, 3.05) is 7.11 Å². The van der Waals surface area contributed by atoms with Gasteiger partial charge in [0, 0.05) is 5.92 Å². The van der Waals surface area contributed by atoms with Crippen LogP contribution in [0.2, 0.25) is 0 Å². The van der Waals surface area contributed by atoms with Gasteiger partial charge in [-0.2, -0.15) is 0 Å². The fraction of sp³-hybridized carbons (Fsp3) is 0.923. The molecule has 0 heterocycles. The third-order valence-corrected chi connectivity index (χ3v) is 4.61. The molecule has 0 spiro atoms. The standard InChI is InChI=1S/C13H22O4/c1-17-12(15)8-9-5-6-11(14)10-4-2-3-7-13(9,10)16/h9-11,14,16H,2-8H2,1H3/t9-,10+,11+,13-/m1/s1. The van der Waals surface area contributed by atoms with E-state index in [0.29, 0.717) is 19.3 Å². The van der Waals surface area contributed by atoms with Gasteiger partial charge in [0.2, 0.25) is 0 Å². The molecular weight excluding hydrogens is 220 g/mol. The number of ether oxygens (including phenoxy) is 1. The lowest BCUT2D eigenvalue weighted by atomic mass is 9.60. The van der Waals surface area contributed by atoms with E-state index in [-0.39, 0.29) is 24.2 Å². The second kappa shape index (κ2) is 4.94. The fourth-order valence-corrected chi connectivity index (χ4v) is 3.63. The Bertz CT molecular complexity index is 291. The Kier molecular flexibility index (Phi) is 3.73. The van der Waals surface area contributed by atoms with Crippen LogP contribution in [0.25, 0.3) is 0 Å². The Morgan fingerprint density at radius 3 is 2.82 bits per heavy atom. The molecule has 2 aliphatic rings. The van der Waals surface area contributed by atoms with Gasteiger partial charge in [-0.15, -0.1) is 0 Å². The molecule has 2 aliphatic carbocycles. The zero-order chi connectivity index (χ0) is 12.5. The molecule has 0 aliphatic heterocycles. The normalized spacial score (nSPS) is 41.7. The maximum absolute atomic E-state index is 11.4. The molecule has 2 N–H and O–H groups in total. The second-order valence-corrected chi connectivity index (χ2v) is 5.47. The predicted octanol–water partition coefficient (Wildman–Crippen LogP) is 1.24. The summed E-state index contributed by atoms with van der Waals surface area (Å²) >= 11 is 0. The first-order valence-corrected chi connectivity index (χ1v) is 6.55. The van der Waals surface area contributed by atoms with Crippen LogP contribution in [0.3, 0.4) is 0 Å². The number of carbonyl (C=O) groups excluding carboxylic acids is 1. The lowest BCUT2D eigenvalue weighted by molar-refractivity contribution is -0.171. The SMILES string of the molecule is COC(=O)C[C@H]1CC[C@H](O)[C@@H]2CCCC[C@@]12O. The average molecular weight is 242 g/mol. The van der Waals surface area contributed by atoms with Crippen LogP contribution in [0.4, 0.5) is 0 Å². The van der Waals surface area contributed by atoms with E-state index in [2.05, 4.69) is 0 Å². The largest absolute Gasteiger partial charge is 0.469 e. The maximum atomic E-state index is 11.4. The van der Waals surface area contributed by atoms with Gasteiger partial charge in [0.05, 0.1) is 25.2 Å². The van der Waals surface area contributed by atoms with E-state index in [1.165, 1.54) is 7.11 Å². The van der Waals surface area contributed by atoms with Crippen molar-refractivity contribution < 1.29 is 19.7 Å². The van der Waals surface area contributed by atoms with Crippen LogP contribution < -0.4 is 0 Å². The van der Waals surface area contributed by atoms with Crippen molar-refractivity contribution >= 4 is 5.97 Å². The van der Waals surface area contributed by atoms with Gasteiger partial charge in [-0.05, 0) is 31.6 Å². The molecule has 0 saturated heterocycles. The van der Waals surface area contributed by atoms with E-state index in [1.54, 1.807) is 0 Å². The van der Waals surface area contributed by atoms with Crippen LogP contribution in [-0.2, 0) is 9.53 Å². The predicted molar refractivity (Wildman–Crippen MR) is 62.3 cm³/mol. The summed E-state index contributed by atoms with van der Waals surface area (Å²) in [7, 11) is 1.38. The number of rotatable bonds is 2. The number of methoxy groups -OCH3 is 1. The summed E-state index contributed by atoms with van der Waals surface area (Å²) in [6.45, 7) is 0. The molecule has 0 aromatic rings. The first-order valence-electron chi connectivity index (χ1n) is 6.55. The number of aliphatic hydroxyl groups excluding tert-OH is 1. The third-order valence-electron chi connectivity index (χ3n) is 4.61. The summed E-state index contributed by atoms with van der Waals surface area (Å²) in [6, 6.07) is 0. The van der Waals surface area contributed by atoms with Crippen molar-refractivity contribution in [1.82, 2.24) is 0 Å². The highest BCUT2D eigenvalue weighted by atomic mass is 16.5. The zero-order valence-corrected chi connectivity index (χ0v) is 10.4. The molecule has 0 amide bonds. The fourth-order valence-electron chi connectivity index (χ4n) is 3.63. The van der Waals surface area contributed by atoms with Crippen molar-refractivity contribution in [3.05, 3.63) is 0 Å².